The summed E-state index contributed by atoms with van der Waals surface area (Å²) in [5, 5.41) is 27.2. The first-order valence-electron chi connectivity index (χ1n) is 4.50. The van der Waals surface area contributed by atoms with E-state index in [2.05, 4.69) is 0 Å². The Balaban J connectivity index is 3.20. The summed E-state index contributed by atoms with van der Waals surface area (Å²) in [5.74, 6) is -1.05. The molecule has 0 aliphatic carbocycles. The molecule has 5 heteroatoms. The SMILES string of the molecule is COc1ccc(/C=C/C(=O)O)c(CO)c1O. The zero-order valence-corrected chi connectivity index (χ0v) is 8.67. The first-order valence-corrected chi connectivity index (χ1v) is 4.50. The zero-order valence-electron chi connectivity index (χ0n) is 8.67. The molecule has 0 heterocycles. The molecular weight excluding hydrogens is 212 g/mol. The molecule has 0 atom stereocenters. The number of benzene rings is 1. The third kappa shape index (κ3) is 2.52. The fourth-order valence-corrected chi connectivity index (χ4v) is 1.28. The third-order valence-corrected chi connectivity index (χ3v) is 2.07. The Morgan fingerprint density at radius 3 is 2.69 bits per heavy atom. The van der Waals surface area contributed by atoms with Crippen molar-refractivity contribution >= 4 is 12.0 Å². The number of hydrogen-bond donors (Lipinski definition) is 3. The van der Waals surface area contributed by atoms with Gasteiger partial charge in [-0.1, -0.05) is 6.07 Å². The molecule has 16 heavy (non-hydrogen) atoms. The van der Waals surface area contributed by atoms with Crippen molar-refractivity contribution in [1.29, 1.82) is 0 Å². The van der Waals surface area contributed by atoms with Gasteiger partial charge in [-0.25, -0.2) is 4.79 Å². The summed E-state index contributed by atoms with van der Waals surface area (Å²) in [5.41, 5.74) is 0.667. The summed E-state index contributed by atoms with van der Waals surface area (Å²) >= 11 is 0. The molecule has 0 aliphatic rings. The number of carbonyl (C=O) groups is 1. The van der Waals surface area contributed by atoms with Gasteiger partial charge in [0.25, 0.3) is 0 Å². The zero-order chi connectivity index (χ0) is 12.1. The number of carboxylic acid groups (broad SMARTS) is 1. The molecule has 86 valence electrons. The molecule has 0 bridgehead atoms. The van der Waals surface area contributed by atoms with Crippen LogP contribution in [-0.4, -0.2) is 28.4 Å². The minimum absolute atomic E-state index is 0.183. The second-order valence-electron chi connectivity index (χ2n) is 3.01. The number of phenols is 1. The van der Waals surface area contributed by atoms with E-state index in [-0.39, 0.29) is 17.1 Å². The summed E-state index contributed by atoms with van der Waals surface area (Å²) in [4.78, 5) is 10.3. The highest BCUT2D eigenvalue weighted by molar-refractivity contribution is 5.85. The highest BCUT2D eigenvalue weighted by Gasteiger charge is 2.10. The van der Waals surface area contributed by atoms with Gasteiger partial charge in [0.1, 0.15) is 0 Å². The van der Waals surface area contributed by atoms with E-state index >= 15 is 0 Å². The number of aliphatic hydroxyl groups excluding tert-OH is 1. The Hall–Kier alpha value is -2.01. The van der Waals surface area contributed by atoms with Gasteiger partial charge in [0.15, 0.2) is 11.5 Å². The van der Waals surface area contributed by atoms with Gasteiger partial charge in [0, 0.05) is 11.6 Å². The predicted octanol–water partition coefficient (Wildman–Crippen LogP) is 0.991. The minimum Gasteiger partial charge on any atom is -0.504 e. The lowest BCUT2D eigenvalue weighted by molar-refractivity contribution is -0.131. The molecule has 0 spiro atoms. The van der Waals surface area contributed by atoms with Crippen LogP contribution in [0.5, 0.6) is 11.5 Å². The van der Waals surface area contributed by atoms with E-state index in [0.29, 0.717) is 5.56 Å². The van der Waals surface area contributed by atoms with E-state index in [1.807, 2.05) is 0 Å². The molecule has 1 aromatic carbocycles. The summed E-state index contributed by atoms with van der Waals surface area (Å²) in [6, 6.07) is 3.06. The van der Waals surface area contributed by atoms with Crippen LogP contribution in [0.25, 0.3) is 6.08 Å². The number of carboxylic acids is 1. The molecule has 0 aromatic heterocycles. The standard InChI is InChI=1S/C11H12O5/c1-16-9-4-2-7(3-5-10(13)14)8(6-12)11(9)15/h2-5,12,15H,6H2,1H3,(H,13,14)/b5-3+. The van der Waals surface area contributed by atoms with Crippen LogP contribution in [0.4, 0.5) is 0 Å². The second kappa shape index (κ2) is 5.18. The number of rotatable bonds is 4. The number of aromatic hydroxyl groups is 1. The quantitative estimate of drug-likeness (QED) is 0.664. The number of aliphatic hydroxyl groups is 1. The molecule has 1 aromatic rings. The lowest BCUT2D eigenvalue weighted by Crippen LogP contribution is -1.94. The Labute approximate surface area is 92.2 Å². The van der Waals surface area contributed by atoms with Crippen molar-refractivity contribution in [2.75, 3.05) is 7.11 Å². The van der Waals surface area contributed by atoms with Crippen molar-refractivity contribution in [3.05, 3.63) is 29.3 Å². The average molecular weight is 224 g/mol. The largest absolute Gasteiger partial charge is 0.504 e. The average Bonchev–Trinajstić information content (AvgIpc) is 2.26. The summed E-state index contributed by atoms with van der Waals surface area (Å²) in [6.07, 6.45) is 2.23. The fraction of sp³-hybridized carbons (Fsp3) is 0.182. The molecule has 3 N–H and O–H groups in total. The Morgan fingerprint density at radius 2 is 2.19 bits per heavy atom. The van der Waals surface area contributed by atoms with Crippen molar-refractivity contribution in [3.63, 3.8) is 0 Å². The van der Waals surface area contributed by atoms with E-state index in [9.17, 15) is 9.90 Å². The summed E-state index contributed by atoms with van der Waals surface area (Å²) < 4.78 is 4.87. The lowest BCUT2D eigenvalue weighted by atomic mass is 10.1. The van der Waals surface area contributed by atoms with Crippen LogP contribution in [0.2, 0.25) is 0 Å². The van der Waals surface area contributed by atoms with E-state index in [1.165, 1.54) is 19.3 Å². The van der Waals surface area contributed by atoms with Crippen LogP contribution in [0.1, 0.15) is 11.1 Å². The van der Waals surface area contributed by atoms with Gasteiger partial charge in [0.2, 0.25) is 0 Å². The van der Waals surface area contributed by atoms with Crippen molar-refractivity contribution in [2.45, 2.75) is 6.61 Å². The highest BCUT2D eigenvalue weighted by atomic mass is 16.5. The summed E-state index contributed by atoms with van der Waals surface area (Å²) in [6.45, 7) is -0.400. The van der Waals surface area contributed by atoms with E-state index in [1.54, 1.807) is 6.07 Å². The van der Waals surface area contributed by atoms with Crippen molar-refractivity contribution in [3.8, 4) is 11.5 Å². The van der Waals surface area contributed by atoms with Gasteiger partial charge >= 0.3 is 5.97 Å². The van der Waals surface area contributed by atoms with Crippen LogP contribution in [0, 0.1) is 0 Å². The maximum absolute atomic E-state index is 10.3. The van der Waals surface area contributed by atoms with Crippen LogP contribution >= 0.6 is 0 Å². The fourth-order valence-electron chi connectivity index (χ4n) is 1.28. The third-order valence-electron chi connectivity index (χ3n) is 2.07. The molecule has 0 aliphatic heterocycles. The number of hydrogen-bond acceptors (Lipinski definition) is 4. The van der Waals surface area contributed by atoms with E-state index in [4.69, 9.17) is 14.9 Å². The van der Waals surface area contributed by atoms with Crippen LogP contribution in [-0.2, 0) is 11.4 Å². The molecule has 0 saturated carbocycles. The Morgan fingerprint density at radius 1 is 1.50 bits per heavy atom. The Bertz CT molecular complexity index is 423. The van der Waals surface area contributed by atoms with Crippen molar-refractivity contribution < 1.29 is 24.9 Å². The first kappa shape index (κ1) is 12.1. The first-order chi connectivity index (χ1) is 7.60. The number of aliphatic carboxylic acids is 1. The van der Waals surface area contributed by atoms with Gasteiger partial charge in [-0.2, -0.15) is 0 Å². The van der Waals surface area contributed by atoms with Crippen LogP contribution in [0.15, 0.2) is 18.2 Å². The lowest BCUT2D eigenvalue weighted by Gasteiger charge is -2.09. The second-order valence-corrected chi connectivity index (χ2v) is 3.01. The maximum Gasteiger partial charge on any atom is 0.328 e. The van der Waals surface area contributed by atoms with Gasteiger partial charge in [-0.3, -0.25) is 0 Å². The molecule has 0 saturated heterocycles. The molecule has 0 amide bonds. The van der Waals surface area contributed by atoms with Crippen molar-refractivity contribution in [1.82, 2.24) is 0 Å². The molecule has 0 unspecified atom stereocenters. The smallest absolute Gasteiger partial charge is 0.328 e. The van der Waals surface area contributed by atoms with Crippen LogP contribution < -0.4 is 4.74 Å². The molecule has 1 rings (SSSR count). The van der Waals surface area contributed by atoms with E-state index in [0.717, 1.165) is 6.08 Å². The molecule has 0 fully saturated rings. The minimum atomic E-state index is -1.10. The monoisotopic (exact) mass is 224 g/mol. The molecule has 0 radical (unpaired) electrons. The topological polar surface area (TPSA) is 87.0 Å². The highest BCUT2D eigenvalue weighted by Crippen LogP contribution is 2.32. The van der Waals surface area contributed by atoms with Gasteiger partial charge < -0.3 is 20.1 Å². The number of ether oxygens (including phenoxy) is 1. The maximum atomic E-state index is 10.3. The van der Waals surface area contributed by atoms with Crippen LogP contribution in [0.3, 0.4) is 0 Å². The normalized spacial score (nSPS) is 10.6. The molecular formula is C11H12O5. The van der Waals surface area contributed by atoms with Crippen molar-refractivity contribution in [2.24, 2.45) is 0 Å². The Kier molecular flexibility index (Phi) is 3.90. The predicted molar refractivity (Wildman–Crippen MR) is 57.3 cm³/mol. The van der Waals surface area contributed by atoms with Gasteiger partial charge in [-0.15, -0.1) is 0 Å². The van der Waals surface area contributed by atoms with E-state index < -0.39 is 12.6 Å². The summed E-state index contributed by atoms with van der Waals surface area (Å²) in [7, 11) is 1.39. The van der Waals surface area contributed by atoms with Gasteiger partial charge in [0.05, 0.1) is 13.7 Å². The molecule has 5 nitrogen and oxygen atoms in total. The van der Waals surface area contributed by atoms with Gasteiger partial charge in [-0.05, 0) is 17.7 Å². The number of methoxy groups -OCH3 is 1.